The summed E-state index contributed by atoms with van der Waals surface area (Å²) in [5, 5.41) is 13.0. The molecule has 2 N–H and O–H groups in total. The summed E-state index contributed by atoms with van der Waals surface area (Å²) < 4.78 is 17.3. The quantitative estimate of drug-likeness (QED) is 0.424. The number of nitrogens with one attached hydrogen (secondary N) is 1. The monoisotopic (exact) mass is 493 g/mol. The van der Waals surface area contributed by atoms with Crippen molar-refractivity contribution in [2.75, 3.05) is 19.5 Å². The maximum absolute atomic E-state index is 12.9. The third-order valence-electron chi connectivity index (χ3n) is 6.67. The third-order valence-corrected chi connectivity index (χ3v) is 7.96. The van der Waals surface area contributed by atoms with E-state index in [1.807, 2.05) is 30.3 Å². The lowest BCUT2D eigenvalue weighted by Crippen LogP contribution is -2.23. The van der Waals surface area contributed by atoms with E-state index in [-0.39, 0.29) is 29.2 Å². The van der Waals surface area contributed by atoms with Gasteiger partial charge in [0, 0.05) is 28.3 Å². The number of carboxylic acid groups (broad SMARTS) is 1. The number of thiophene rings is 1. The number of methoxy groups -OCH3 is 2. The normalized spacial score (nSPS) is 17.5. The van der Waals surface area contributed by atoms with Gasteiger partial charge in [0.05, 0.1) is 26.0 Å². The molecule has 1 aromatic heterocycles. The zero-order valence-corrected chi connectivity index (χ0v) is 20.4. The van der Waals surface area contributed by atoms with Crippen molar-refractivity contribution < 1.29 is 28.9 Å². The number of aromatic carboxylic acids is 1. The first-order chi connectivity index (χ1) is 17.0. The number of fused-ring (bicyclic) bond motifs is 1. The topological polar surface area (TPSA) is 94.1 Å². The number of anilines is 1. The molecule has 1 fully saturated rings. The average molecular weight is 494 g/mol. The lowest BCUT2D eigenvalue weighted by atomic mass is 9.88. The van der Waals surface area contributed by atoms with Crippen molar-refractivity contribution >= 4 is 28.9 Å². The van der Waals surface area contributed by atoms with E-state index in [0.29, 0.717) is 34.1 Å². The summed E-state index contributed by atoms with van der Waals surface area (Å²) in [5.74, 6) is 0.385. The molecule has 0 unspecified atom stereocenters. The van der Waals surface area contributed by atoms with Crippen LogP contribution in [0, 0.1) is 0 Å². The number of benzene rings is 2. The van der Waals surface area contributed by atoms with E-state index in [1.54, 1.807) is 26.4 Å². The van der Waals surface area contributed by atoms with Crippen molar-refractivity contribution in [2.24, 2.45) is 0 Å². The Hall–Kier alpha value is -3.52. The Bertz CT molecular complexity index is 1260. The SMILES string of the molecule is COc1ccc(-c2c(C(=O)O)sc3c2NC(=O)C[C@@H]3c2cccc(OC)c2OC2CCCC2)cc1. The first-order valence-electron chi connectivity index (χ1n) is 11.7. The summed E-state index contributed by atoms with van der Waals surface area (Å²) in [6.45, 7) is 0. The van der Waals surface area contributed by atoms with Crippen LogP contribution >= 0.6 is 11.3 Å². The summed E-state index contributed by atoms with van der Waals surface area (Å²) >= 11 is 1.20. The number of rotatable bonds is 7. The predicted octanol–water partition coefficient (Wildman–Crippen LogP) is 5.93. The number of hydrogen-bond donors (Lipinski definition) is 2. The van der Waals surface area contributed by atoms with Crippen LogP contribution in [0.1, 0.15) is 58.1 Å². The van der Waals surface area contributed by atoms with Crippen molar-refractivity contribution in [3.8, 4) is 28.4 Å². The first-order valence-corrected chi connectivity index (χ1v) is 12.5. The van der Waals surface area contributed by atoms with Gasteiger partial charge in [-0.2, -0.15) is 0 Å². The largest absolute Gasteiger partial charge is 0.497 e. The molecule has 35 heavy (non-hydrogen) atoms. The van der Waals surface area contributed by atoms with Crippen LogP contribution in [-0.2, 0) is 4.79 Å². The number of para-hydroxylation sites is 1. The second-order valence-electron chi connectivity index (χ2n) is 8.79. The summed E-state index contributed by atoms with van der Waals surface area (Å²) in [6, 6.07) is 12.9. The number of carbonyl (C=O) groups excluding carboxylic acids is 1. The van der Waals surface area contributed by atoms with E-state index < -0.39 is 5.97 Å². The highest BCUT2D eigenvalue weighted by Gasteiger charge is 2.36. The van der Waals surface area contributed by atoms with Crippen LogP contribution in [0.15, 0.2) is 42.5 Å². The van der Waals surface area contributed by atoms with Crippen LogP contribution in [0.2, 0.25) is 0 Å². The molecule has 0 radical (unpaired) electrons. The van der Waals surface area contributed by atoms with E-state index in [9.17, 15) is 14.7 Å². The molecule has 0 bridgehead atoms. The third kappa shape index (κ3) is 4.34. The van der Waals surface area contributed by atoms with Gasteiger partial charge in [-0.25, -0.2) is 4.79 Å². The highest BCUT2D eigenvalue weighted by Crippen LogP contribution is 2.52. The fraction of sp³-hybridized carbons (Fsp3) is 0.333. The zero-order valence-electron chi connectivity index (χ0n) is 19.6. The van der Waals surface area contributed by atoms with Crippen LogP contribution in [-0.4, -0.2) is 37.3 Å². The highest BCUT2D eigenvalue weighted by atomic mass is 32.1. The molecule has 2 aromatic carbocycles. The molecule has 2 aliphatic rings. The fourth-order valence-corrected chi connectivity index (χ4v) is 6.23. The molecular formula is C27H27NO6S. The minimum Gasteiger partial charge on any atom is -0.497 e. The molecule has 1 amide bonds. The van der Waals surface area contributed by atoms with Gasteiger partial charge in [0.2, 0.25) is 5.91 Å². The van der Waals surface area contributed by atoms with Gasteiger partial charge in [-0.15, -0.1) is 11.3 Å². The van der Waals surface area contributed by atoms with Crippen molar-refractivity contribution in [2.45, 2.75) is 44.1 Å². The van der Waals surface area contributed by atoms with Crippen LogP contribution in [0.3, 0.4) is 0 Å². The van der Waals surface area contributed by atoms with Crippen molar-refractivity contribution in [1.82, 2.24) is 0 Å². The van der Waals surface area contributed by atoms with Gasteiger partial charge in [-0.1, -0.05) is 24.3 Å². The first kappa shape index (κ1) is 23.2. The maximum atomic E-state index is 12.9. The van der Waals surface area contributed by atoms with Gasteiger partial charge in [-0.3, -0.25) is 4.79 Å². The second kappa shape index (κ2) is 9.62. The van der Waals surface area contributed by atoms with E-state index in [4.69, 9.17) is 14.2 Å². The second-order valence-corrected chi connectivity index (χ2v) is 9.84. The smallest absolute Gasteiger partial charge is 0.346 e. The highest BCUT2D eigenvalue weighted by molar-refractivity contribution is 7.15. The minimum absolute atomic E-state index is 0.106. The number of ether oxygens (including phenoxy) is 3. The number of amides is 1. The van der Waals surface area contributed by atoms with E-state index in [1.165, 1.54) is 11.3 Å². The Balaban J connectivity index is 1.65. The molecule has 8 heteroatoms. The van der Waals surface area contributed by atoms with Crippen LogP contribution in [0.4, 0.5) is 5.69 Å². The molecular weight excluding hydrogens is 466 g/mol. The van der Waals surface area contributed by atoms with Crippen molar-refractivity contribution in [1.29, 1.82) is 0 Å². The molecule has 5 rings (SSSR count). The van der Waals surface area contributed by atoms with Crippen LogP contribution in [0.5, 0.6) is 17.2 Å². The number of hydrogen-bond acceptors (Lipinski definition) is 6. The van der Waals surface area contributed by atoms with Crippen LogP contribution in [0.25, 0.3) is 11.1 Å². The molecule has 3 aromatic rings. The Morgan fingerprint density at radius 1 is 1.06 bits per heavy atom. The molecule has 0 spiro atoms. The molecule has 0 saturated heterocycles. The maximum Gasteiger partial charge on any atom is 0.346 e. The molecule has 1 aliphatic carbocycles. The molecule has 1 saturated carbocycles. The minimum atomic E-state index is -1.03. The van der Waals surface area contributed by atoms with Gasteiger partial charge in [0.1, 0.15) is 10.6 Å². The van der Waals surface area contributed by atoms with E-state index in [0.717, 1.165) is 36.1 Å². The van der Waals surface area contributed by atoms with Crippen LogP contribution < -0.4 is 19.5 Å². The summed E-state index contributed by atoms with van der Waals surface area (Å²) in [5.41, 5.74) is 2.61. The summed E-state index contributed by atoms with van der Waals surface area (Å²) in [6.07, 6.45) is 4.53. The molecule has 1 aliphatic heterocycles. The Morgan fingerprint density at radius 2 is 1.80 bits per heavy atom. The summed E-state index contributed by atoms with van der Waals surface area (Å²) in [4.78, 5) is 26.2. The van der Waals surface area contributed by atoms with E-state index in [2.05, 4.69) is 5.32 Å². The fourth-order valence-electron chi connectivity index (χ4n) is 4.99. The lowest BCUT2D eigenvalue weighted by Gasteiger charge is -2.27. The number of carboxylic acids is 1. The van der Waals surface area contributed by atoms with Gasteiger partial charge >= 0.3 is 5.97 Å². The predicted molar refractivity (Wildman–Crippen MR) is 134 cm³/mol. The average Bonchev–Trinajstić information content (AvgIpc) is 3.52. The molecule has 2 heterocycles. The Kier molecular flexibility index (Phi) is 6.38. The van der Waals surface area contributed by atoms with Gasteiger partial charge < -0.3 is 24.6 Å². The Morgan fingerprint density at radius 3 is 2.46 bits per heavy atom. The van der Waals surface area contributed by atoms with Gasteiger partial charge in [0.25, 0.3) is 0 Å². The number of carbonyl (C=O) groups is 2. The molecule has 182 valence electrons. The van der Waals surface area contributed by atoms with Crippen molar-refractivity contribution in [3.05, 3.63) is 57.8 Å². The van der Waals surface area contributed by atoms with Gasteiger partial charge in [-0.05, 0) is 49.4 Å². The Labute approximate surface area is 207 Å². The van der Waals surface area contributed by atoms with Gasteiger partial charge in [0.15, 0.2) is 11.5 Å². The van der Waals surface area contributed by atoms with E-state index >= 15 is 0 Å². The molecule has 7 nitrogen and oxygen atoms in total. The van der Waals surface area contributed by atoms with Crippen molar-refractivity contribution in [3.63, 3.8) is 0 Å². The summed E-state index contributed by atoms with van der Waals surface area (Å²) in [7, 11) is 3.18. The standard InChI is InChI=1S/C27H27NO6S/c1-32-16-12-10-15(11-13-16)22-23-25(35-26(22)27(30)31)19(14-21(29)28-23)18-8-5-9-20(33-2)24(18)34-17-6-3-4-7-17/h5,8-13,17,19H,3-4,6-7,14H2,1-2H3,(H,28,29)(H,30,31)/t19-/m1/s1. The zero-order chi connectivity index (χ0) is 24.5. The lowest BCUT2D eigenvalue weighted by molar-refractivity contribution is -0.116. The molecule has 1 atom stereocenters.